The van der Waals surface area contributed by atoms with Gasteiger partial charge >= 0.3 is 5.97 Å². The fourth-order valence-corrected chi connectivity index (χ4v) is 4.87. The number of ketones is 1. The number of nitrogens with zero attached hydrogens (tertiary/aromatic N) is 2. The van der Waals surface area contributed by atoms with E-state index in [1.807, 2.05) is 0 Å². The van der Waals surface area contributed by atoms with E-state index in [9.17, 15) is 19.3 Å². The summed E-state index contributed by atoms with van der Waals surface area (Å²) in [7, 11) is 0. The molecule has 0 spiro atoms. The molecule has 0 fully saturated rings. The first-order valence-corrected chi connectivity index (χ1v) is 10.1. The monoisotopic (exact) mass is 406 g/mol. The van der Waals surface area contributed by atoms with Crippen LogP contribution in [-0.4, -0.2) is 40.3 Å². The average molecular weight is 406 g/mol. The number of allylic oxidation sites excluding steroid dienone is 2. The van der Waals surface area contributed by atoms with Crippen molar-refractivity contribution in [3.8, 4) is 0 Å². The normalized spacial score (nSPS) is 18.2. The summed E-state index contributed by atoms with van der Waals surface area (Å²) in [5.74, 6) is -1.44. The van der Waals surface area contributed by atoms with Crippen molar-refractivity contribution < 1.29 is 24.3 Å². The molecule has 30 heavy (non-hydrogen) atoms. The van der Waals surface area contributed by atoms with Crippen molar-refractivity contribution in [3.63, 3.8) is 0 Å². The van der Waals surface area contributed by atoms with Gasteiger partial charge in [0.25, 0.3) is 5.69 Å². The van der Waals surface area contributed by atoms with E-state index in [1.165, 1.54) is 0 Å². The van der Waals surface area contributed by atoms with Crippen LogP contribution < -0.4 is 15.8 Å². The van der Waals surface area contributed by atoms with Crippen LogP contribution in [0, 0.1) is 4.91 Å². The molecule has 0 unspecified atom stereocenters. The van der Waals surface area contributed by atoms with E-state index >= 15 is 0 Å². The number of aliphatic carboxylic acids is 1. The number of carbonyl (C=O) groups excluding carboxylic acids is 2. The van der Waals surface area contributed by atoms with E-state index in [4.69, 9.17) is 5.11 Å². The zero-order valence-corrected chi connectivity index (χ0v) is 16.3. The summed E-state index contributed by atoms with van der Waals surface area (Å²) < 4.78 is 1.02. The highest BCUT2D eigenvalue weighted by atomic mass is 16.4. The molecule has 2 aliphatic carbocycles. The molecule has 2 aliphatic heterocycles. The molecule has 0 bridgehead atoms. The Labute approximate surface area is 171 Å². The maximum Gasteiger partial charge on any atom is 0.303 e. The second kappa shape index (κ2) is 6.83. The van der Waals surface area contributed by atoms with Crippen LogP contribution in [-0.2, 0) is 20.8 Å². The van der Waals surface area contributed by atoms with E-state index < -0.39 is 5.97 Å². The molecule has 0 saturated carbocycles. The summed E-state index contributed by atoms with van der Waals surface area (Å²) in [5, 5.41) is 13.0. The molecule has 0 saturated heterocycles. The van der Waals surface area contributed by atoms with Crippen LogP contribution in [0.1, 0.15) is 55.2 Å². The molecule has 5 rings (SSSR count). The molecule has 8 heteroatoms. The number of nitrogens with one attached hydrogen (secondary N) is 1. The molecule has 1 amide bonds. The minimum atomic E-state index is -1.03. The Hall–Kier alpha value is -3.42. The highest BCUT2D eigenvalue weighted by Gasteiger charge is 2.45. The first-order valence-electron chi connectivity index (χ1n) is 10.1. The van der Waals surface area contributed by atoms with Crippen molar-refractivity contribution in [1.82, 2.24) is 5.32 Å². The molecule has 0 atom stereocenters. The second-order valence-corrected chi connectivity index (χ2v) is 7.99. The average Bonchev–Trinajstić information content (AvgIpc) is 3.39. The standard InChI is InChI=1S/C22H19N3O5/c26-11-7-13-14(8-11)22-21(12-3-1-2-4-17(12)25(22)30)15-9-23-16(20(13)15)10-24-18(27)5-6-19(28)29/h7,9H,1-6,8,10H2,(H-,24,27,28,29)/p+1. The summed E-state index contributed by atoms with van der Waals surface area (Å²) in [6.07, 6.45) is 6.73. The number of Topliss-reactive ketones (excluding diaryl/α,β-unsaturated/α-hetero) is 1. The number of hydrogen-bond donors (Lipinski definition) is 2. The van der Waals surface area contributed by atoms with Crippen LogP contribution in [0.2, 0.25) is 0 Å². The first kappa shape index (κ1) is 18.6. The van der Waals surface area contributed by atoms with Gasteiger partial charge in [0.05, 0.1) is 29.0 Å². The predicted molar refractivity (Wildman–Crippen MR) is 108 cm³/mol. The van der Waals surface area contributed by atoms with Crippen molar-refractivity contribution in [3.05, 3.63) is 37.7 Å². The van der Waals surface area contributed by atoms with Gasteiger partial charge in [0, 0.05) is 52.3 Å². The number of carbonyl (C=O) groups is 3. The molecular formula is C22H20N3O5+. The van der Waals surface area contributed by atoms with Crippen LogP contribution in [0.5, 0.6) is 0 Å². The van der Waals surface area contributed by atoms with Gasteiger partial charge in [0.1, 0.15) is 0 Å². The minimum Gasteiger partial charge on any atom is -0.481 e. The Kier molecular flexibility index (Phi) is 4.23. The molecule has 2 N–H and O–H groups in total. The highest BCUT2D eigenvalue weighted by molar-refractivity contribution is 6.12. The Morgan fingerprint density at radius 3 is 2.80 bits per heavy atom. The van der Waals surface area contributed by atoms with Gasteiger partial charge in [0.15, 0.2) is 5.78 Å². The number of nitroso groups, excluding NO2 is 1. The van der Waals surface area contributed by atoms with Gasteiger partial charge in [-0.15, -0.1) is 0 Å². The largest absolute Gasteiger partial charge is 0.481 e. The number of aliphatic imine (C=N–C) groups is 1. The lowest BCUT2D eigenvalue weighted by atomic mass is 9.88. The number of benzene rings is 1. The second-order valence-electron chi connectivity index (χ2n) is 7.99. The third-order valence-electron chi connectivity index (χ3n) is 6.16. The van der Waals surface area contributed by atoms with Crippen LogP contribution in [0.4, 0.5) is 5.69 Å². The molecule has 0 aromatic heterocycles. The summed E-state index contributed by atoms with van der Waals surface area (Å²) in [5.41, 5.74) is 5.57. The summed E-state index contributed by atoms with van der Waals surface area (Å²) in [4.78, 5) is 52.5. The number of rotatable bonds is 5. The van der Waals surface area contributed by atoms with Crippen molar-refractivity contribution in [2.75, 3.05) is 6.54 Å². The predicted octanol–water partition coefficient (Wildman–Crippen LogP) is 0.823. The van der Waals surface area contributed by atoms with E-state index in [0.717, 1.165) is 68.8 Å². The maximum atomic E-state index is 13.1. The smallest absolute Gasteiger partial charge is 0.303 e. The zero-order chi connectivity index (χ0) is 21.0. The van der Waals surface area contributed by atoms with E-state index in [1.54, 1.807) is 12.3 Å². The number of carboxylic acid groups (broad SMARTS) is 1. The molecule has 1 aromatic rings. The van der Waals surface area contributed by atoms with Gasteiger partial charge in [-0.1, -0.05) is 0 Å². The van der Waals surface area contributed by atoms with Gasteiger partial charge in [-0.2, -0.15) is 0 Å². The van der Waals surface area contributed by atoms with Crippen molar-refractivity contribution in [1.29, 1.82) is 0 Å². The molecule has 2 heterocycles. The van der Waals surface area contributed by atoms with Crippen LogP contribution >= 0.6 is 0 Å². The fourth-order valence-electron chi connectivity index (χ4n) is 4.87. The maximum absolute atomic E-state index is 13.1. The lowest BCUT2D eigenvalue weighted by Crippen LogP contribution is -2.35. The van der Waals surface area contributed by atoms with Gasteiger partial charge in [-0.25, -0.2) is 0 Å². The van der Waals surface area contributed by atoms with Crippen molar-refractivity contribution in [2.24, 2.45) is 4.99 Å². The fraction of sp³-hybridized carbons (Fsp3) is 0.364. The quantitative estimate of drug-likeness (QED) is 0.703. The SMILES string of the molecule is O=C(O)CCC(=O)NCC1=c2c(c3c(c4c2=CC(=O)C4)[N+](=O)C2=C3CCCC2)C=N1. The summed E-state index contributed by atoms with van der Waals surface area (Å²) in [6.45, 7) is 0.141. The van der Waals surface area contributed by atoms with Gasteiger partial charge in [-0.05, 0) is 30.6 Å². The van der Waals surface area contributed by atoms with Gasteiger partial charge in [-0.3, -0.25) is 19.4 Å². The number of fused-ring (bicyclic) bond motifs is 7. The van der Waals surface area contributed by atoms with E-state index in [-0.39, 0.29) is 37.5 Å². The third kappa shape index (κ3) is 2.74. The highest BCUT2D eigenvalue weighted by Crippen LogP contribution is 2.47. The van der Waals surface area contributed by atoms with E-state index in [0.29, 0.717) is 11.4 Å². The summed E-state index contributed by atoms with van der Waals surface area (Å²) in [6, 6.07) is 0. The Morgan fingerprint density at radius 2 is 2.00 bits per heavy atom. The van der Waals surface area contributed by atoms with Crippen molar-refractivity contribution in [2.45, 2.75) is 44.9 Å². The molecule has 1 aromatic carbocycles. The van der Waals surface area contributed by atoms with Gasteiger partial charge < -0.3 is 10.4 Å². The van der Waals surface area contributed by atoms with Crippen LogP contribution in [0.15, 0.2) is 10.7 Å². The Bertz CT molecular complexity index is 1250. The number of hydrogen-bond acceptors (Lipinski definition) is 5. The summed E-state index contributed by atoms with van der Waals surface area (Å²) >= 11 is 0. The van der Waals surface area contributed by atoms with Crippen LogP contribution in [0.3, 0.4) is 0 Å². The molecule has 0 radical (unpaired) electrons. The molecule has 8 nitrogen and oxygen atoms in total. The number of carboxylic acids is 1. The van der Waals surface area contributed by atoms with E-state index in [2.05, 4.69) is 10.3 Å². The van der Waals surface area contributed by atoms with Crippen molar-refractivity contribution >= 4 is 46.9 Å². The Balaban J connectivity index is 1.62. The molecule has 152 valence electrons. The zero-order valence-electron chi connectivity index (χ0n) is 16.3. The minimum absolute atomic E-state index is 0.0457. The molecular weight excluding hydrogens is 386 g/mol. The first-order chi connectivity index (χ1) is 14.5. The lowest BCUT2D eigenvalue weighted by molar-refractivity contribution is -0.406. The van der Waals surface area contributed by atoms with Crippen LogP contribution in [0.25, 0.3) is 17.3 Å². The topological polar surface area (TPSA) is 116 Å². The number of amides is 1. The lowest BCUT2D eigenvalue weighted by Gasteiger charge is -2.09. The Morgan fingerprint density at radius 1 is 1.20 bits per heavy atom. The molecule has 4 aliphatic rings. The van der Waals surface area contributed by atoms with Gasteiger partial charge in [0.2, 0.25) is 11.6 Å². The third-order valence-corrected chi connectivity index (χ3v) is 6.16.